The lowest BCUT2D eigenvalue weighted by Crippen LogP contribution is -2.21. The largest absolute Gasteiger partial charge is 0.477 e. The molecule has 0 fully saturated rings. The van der Waals surface area contributed by atoms with Gasteiger partial charge in [0.05, 0.1) is 5.69 Å². The number of halogens is 2. The second kappa shape index (κ2) is 4.60. The number of nitrogens with one attached hydrogen (secondary N) is 1. The molecule has 19 heavy (non-hydrogen) atoms. The number of carboxylic acid groups (broad SMARTS) is 1. The van der Waals surface area contributed by atoms with Crippen molar-refractivity contribution >= 4 is 5.97 Å². The first-order chi connectivity index (χ1) is 8.90. The van der Waals surface area contributed by atoms with Gasteiger partial charge in [-0.1, -0.05) is 0 Å². The Morgan fingerprint density at radius 2 is 2.00 bits per heavy atom. The van der Waals surface area contributed by atoms with E-state index in [0.29, 0.717) is 0 Å². The molecule has 0 amide bonds. The zero-order valence-electron chi connectivity index (χ0n) is 9.70. The van der Waals surface area contributed by atoms with E-state index in [4.69, 9.17) is 5.11 Å². The fraction of sp³-hybridized carbons (Fsp3) is 0.0833. The lowest BCUT2D eigenvalue weighted by atomic mass is 10.1. The predicted molar refractivity (Wildman–Crippen MR) is 61.9 cm³/mol. The van der Waals surface area contributed by atoms with Gasteiger partial charge in [0.1, 0.15) is 11.4 Å². The highest BCUT2D eigenvalue weighted by atomic mass is 19.2. The molecule has 0 aliphatic rings. The average Bonchev–Trinajstić information content (AvgIpc) is 2.31. The Balaban J connectivity index is 2.61. The standard InChI is InChI=1S/C12H8F2N2O3/c1-5-9(12(18)19)11(17)16-10(15-5)6-2-3-7(13)8(14)4-6/h2-4H,1H3,(H,18,19)(H,15,16,17). The van der Waals surface area contributed by atoms with Crippen molar-refractivity contribution < 1.29 is 18.7 Å². The molecule has 0 atom stereocenters. The van der Waals surface area contributed by atoms with Crippen LogP contribution in [0.15, 0.2) is 23.0 Å². The number of carbonyl (C=O) groups is 1. The number of aromatic nitrogens is 2. The van der Waals surface area contributed by atoms with E-state index >= 15 is 0 Å². The molecular formula is C12H8F2N2O3. The van der Waals surface area contributed by atoms with Gasteiger partial charge in [-0.3, -0.25) is 4.79 Å². The molecule has 2 N–H and O–H groups in total. The fourth-order valence-electron chi connectivity index (χ4n) is 1.62. The lowest BCUT2D eigenvalue weighted by molar-refractivity contribution is 0.0693. The maximum atomic E-state index is 13.1. The van der Waals surface area contributed by atoms with E-state index in [1.165, 1.54) is 13.0 Å². The Hall–Kier alpha value is -2.57. The van der Waals surface area contributed by atoms with E-state index in [2.05, 4.69) is 9.97 Å². The summed E-state index contributed by atoms with van der Waals surface area (Å²) in [5.41, 5.74) is -1.18. The summed E-state index contributed by atoms with van der Waals surface area (Å²) in [5.74, 6) is -3.53. The van der Waals surface area contributed by atoms with Gasteiger partial charge in [0.25, 0.3) is 5.56 Å². The van der Waals surface area contributed by atoms with Crippen LogP contribution in [0, 0.1) is 18.6 Å². The van der Waals surface area contributed by atoms with Gasteiger partial charge in [-0.2, -0.15) is 0 Å². The Morgan fingerprint density at radius 1 is 1.32 bits per heavy atom. The molecule has 0 radical (unpaired) electrons. The molecule has 1 heterocycles. The van der Waals surface area contributed by atoms with Gasteiger partial charge in [-0.05, 0) is 25.1 Å². The molecule has 2 rings (SSSR count). The van der Waals surface area contributed by atoms with Gasteiger partial charge < -0.3 is 10.1 Å². The average molecular weight is 266 g/mol. The highest BCUT2D eigenvalue weighted by molar-refractivity contribution is 5.88. The molecule has 98 valence electrons. The first-order valence-corrected chi connectivity index (χ1v) is 5.20. The highest BCUT2D eigenvalue weighted by Crippen LogP contribution is 2.17. The molecule has 0 spiro atoms. The third-order valence-electron chi connectivity index (χ3n) is 2.51. The molecule has 1 aromatic heterocycles. The van der Waals surface area contributed by atoms with Gasteiger partial charge in [0, 0.05) is 5.56 Å². The lowest BCUT2D eigenvalue weighted by Gasteiger charge is -2.05. The molecule has 0 saturated heterocycles. The normalized spacial score (nSPS) is 10.5. The van der Waals surface area contributed by atoms with E-state index < -0.39 is 28.7 Å². The molecule has 7 heteroatoms. The first kappa shape index (κ1) is 12.9. The van der Waals surface area contributed by atoms with Crippen LogP contribution in [0.25, 0.3) is 11.4 Å². The third-order valence-corrected chi connectivity index (χ3v) is 2.51. The van der Waals surface area contributed by atoms with Crippen LogP contribution in [0.3, 0.4) is 0 Å². The SMILES string of the molecule is Cc1nc(-c2ccc(F)c(F)c2)[nH]c(=O)c1C(=O)O. The number of carboxylic acids is 1. The van der Waals surface area contributed by atoms with E-state index in [9.17, 15) is 18.4 Å². The quantitative estimate of drug-likeness (QED) is 0.867. The summed E-state index contributed by atoms with van der Waals surface area (Å²) in [5, 5.41) is 8.82. The third kappa shape index (κ3) is 2.35. The number of hydrogen-bond acceptors (Lipinski definition) is 3. The first-order valence-electron chi connectivity index (χ1n) is 5.20. The summed E-state index contributed by atoms with van der Waals surface area (Å²) in [6.45, 7) is 1.35. The Kier molecular flexibility index (Phi) is 3.12. The van der Waals surface area contributed by atoms with Gasteiger partial charge >= 0.3 is 5.97 Å². The number of aryl methyl sites for hydroxylation is 1. The fourth-order valence-corrected chi connectivity index (χ4v) is 1.62. The van der Waals surface area contributed by atoms with Crippen LogP contribution in [0.1, 0.15) is 16.1 Å². The zero-order chi connectivity index (χ0) is 14.2. The number of H-pyrrole nitrogens is 1. The number of nitrogens with zero attached hydrogens (tertiary/aromatic N) is 1. The van der Waals surface area contributed by atoms with Crippen LogP contribution in [0.4, 0.5) is 8.78 Å². The molecule has 0 aliphatic heterocycles. The highest BCUT2D eigenvalue weighted by Gasteiger charge is 2.16. The van der Waals surface area contributed by atoms with E-state index in [1.807, 2.05) is 0 Å². The summed E-state index contributed by atoms with van der Waals surface area (Å²) in [7, 11) is 0. The van der Waals surface area contributed by atoms with Crippen molar-refractivity contribution in [3.05, 3.63) is 51.4 Å². The number of aromatic amines is 1. The molecule has 0 bridgehead atoms. The van der Waals surface area contributed by atoms with Crippen molar-refractivity contribution in [3.8, 4) is 11.4 Å². The monoisotopic (exact) mass is 266 g/mol. The Morgan fingerprint density at radius 3 is 2.53 bits per heavy atom. The zero-order valence-corrected chi connectivity index (χ0v) is 9.70. The van der Waals surface area contributed by atoms with Gasteiger partial charge in [0.2, 0.25) is 0 Å². The topological polar surface area (TPSA) is 83.0 Å². The molecule has 2 aromatic rings. The minimum Gasteiger partial charge on any atom is -0.477 e. The second-order valence-electron chi connectivity index (χ2n) is 3.81. The van der Waals surface area contributed by atoms with Crippen molar-refractivity contribution in [2.45, 2.75) is 6.92 Å². The maximum absolute atomic E-state index is 13.1. The Labute approximate surface area is 105 Å². The van der Waals surface area contributed by atoms with Crippen molar-refractivity contribution in [2.75, 3.05) is 0 Å². The van der Waals surface area contributed by atoms with Crippen LogP contribution in [0.5, 0.6) is 0 Å². The number of aromatic carboxylic acids is 1. The molecule has 0 aliphatic carbocycles. The van der Waals surface area contributed by atoms with Crippen molar-refractivity contribution in [1.29, 1.82) is 0 Å². The van der Waals surface area contributed by atoms with Crippen molar-refractivity contribution in [3.63, 3.8) is 0 Å². The summed E-state index contributed by atoms with van der Waals surface area (Å²) < 4.78 is 25.9. The van der Waals surface area contributed by atoms with Crippen LogP contribution < -0.4 is 5.56 Å². The van der Waals surface area contributed by atoms with E-state index in [1.54, 1.807) is 0 Å². The summed E-state index contributed by atoms with van der Waals surface area (Å²) in [6, 6.07) is 3.00. The van der Waals surface area contributed by atoms with Crippen LogP contribution in [-0.2, 0) is 0 Å². The van der Waals surface area contributed by atoms with Gasteiger partial charge in [0.15, 0.2) is 11.6 Å². The van der Waals surface area contributed by atoms with Crippen LogP contribution >= 0.6 is 0 Å². The van der Waals surface area contributed by atoms with Crippen molar-refractivity contribution in [1.82, 2.24) is 9.97 Å². The summed E-state index contributed by atoms with van der Waals surface area (Å²) in [6.07, 6.45) is 0. The molecule has 5 nitrogen and oxygen atoms in total. The Bertz CT molecular complexity index is 725. The minimum absolute atomic E-state index is 0.00372. The molecule has 0 unspecified atom stereocenters. The maximum Gasteiger partial charge on any atom is 0.343 e. The number of hydrogen-bond donors (Lipinski definition) is 2. The molecular weight excluding hydrogens is 258 g/mol. The van der Waals surface area contributed by atoms with Gasteiger partial charge in [-0.15, -0.1) is 0 Å². The van der Waals surface area contributed by atoms with Crippen molar-refractivity contribution in [2.24, 2.45) is 0 Å². The number of benzene rings is 1. The smallest absolute Gasteiger partial charge is 0.343 e. The van der Waals surface area contributed by atoms with E-state index in [0.717, 1.165) is 12.1 Å². The van der Waals surface area contributed by atoms with Crippen LogP contribution in [-0.4, -0.2) is 21.0 Å². The molecule has 1 aromatic carbocycles. The minimum atomic E-state index is -1.40. The van der Waals surface area contributed by atoms with Crippen LogP contribution in [0.2, 0.25) is 0 Å². The summed E-state index contributed by atoms with van der Waals surface area (Å²) in [4.78, 5) is 28.5. The van der Waals surface area contributed by atoms with Gasteiger partial charge in [-0.25, -0.2) is 18.6 Å². The predicted octanol–water partition coefficient (Wildman–Crippen LogP) is 1.72. The molecule has 0 saturated carbocycles. The summed E-state index contributed by atoms with van der Waals surface area (Å²) >= 11 is 0. The number of rotatable bonds is 2. The van der Waals surface area contributed by atoms with E-state index in [-0.39, 0.29) is 17.1 Å². The second-order valence-corrected chi connectivity index (χ2v) is 3.81.